The molecule has 0 aromatic rings. The van der Waals surface area contributed by atoms with E-state index in [2.05, 4.69) is 45.9 Å². The quantitative estimate of drug-likeness (QED) is 0.583. The minimum atomic E-state index is 0.765. The van der Waals surface area contributed by atoms with Crippen LogP contribution in [-0.4, -0.2) is 0 Å². The standard InChI is InChI=1S/C14H22/c1-5-7-10(3)8-9-12-13-11(6-2)14(12,13)4/h5,7-8,11-13H,6,9H2,1-4H3. The van der Waals surface area contributed by atoms with E-state index < -0.39 is 0 Å². The molecule has 2 saturated carbocycles. The van der Waals surface area contributed by atoms with Crippen LogP contribution in [-0.2, 0) is 0 Å². The van der Waals surface area contributed by atoms with E-state index in [0.29, 0.717) is 0 Å². The monoisotopic (exact) mass is 190 g/mol. The van der Waals surface area contributed by atoms with Crippen LogP contribution in [0.15, 0.2) is 23.8 Å². The van der Waals surface area contributed by atoms with Crippen molar-refractivity contribution < 1.29 is 0 Å². The number of hydrogen-bond acceptors (Lipinski definition) is 0. The van der Waals surface area contributed by atoms with Crippen LogP contribution in [0.5, 0.6) is 0 Å². The SMILES string of the molecule is CC=CC(C)=CCC1C2C(CC)C12C. The first kappa shape index (κ1) is 10.0. The normalized spacial score (nSPS) is 45.4. The van der Waals surface area contributed by atoms with E-state index in [9.17, 15) is 0 Å². The maximum atomic E-state index is 2.48. The highest BCUT2D eigenvalue weighted by molar-refractivity contribution is 5.30. The minimum Gasteiger partial charge on any atom is -0.0874 e. The lowest BCUT2D eigenvalue weighted by atomic mass is 9.92. The lowest BCUT2D eigenvalue weighted by Crippen LogP contribution is -2.05. The first-order valence-electron chi connectivity index (χ1n) is 5.95. The van der Waals surface area contributed by atoms with Crippen molar-refractivity contribution >= 4 is 0 Å². The predicted molar refractivity (Wildman–Crippen MR) is 62.1 cm³/mol. The lowest BCUT2D eigenvalue weighted by molar-refractivity contribution is 0.388. The van der Waals surface area contributed by atoms with E-state index in [1.165, 1.54) is 18.4 Å². The van der Waals surface area contributed by atoms with Crippen molar-refractivity contribution in [1.29, 1.82) is 0 Å². The second kappa shape index (κ2) is 3.25. The smallest absolute Gasteiger partial charge is 0.0226 e. The molecule has 0 aliphatic heterocycles. The maximum Gasteiger partial charge on any atom is -0.0226 e. The summed E-state index contributed by atoms with van der Waals surface area (Å²) in [4.78, 5) is 0. The van der Waals surface area contributed by atoms with Crippen molar-refractivity contribution in [3.05, 3.63) is 23.8 Å². The Balaban J connectivity index is 1.79. The number of rotatable bonds is 4. The van der Waals surface area contributed by atoms with Gasteiger partial charge in [-0.05, 0) is 43.4 Å². The molecule has 2 rings (SSSR count). The number of allylic oxidation sites excluding steroid dienone is 4. The van der Waals surface area contributed by atoms with Crippen molar-refractivity contribution in [1.82, 2.24) is 0 Å². The van der Waals surface area contributed by atoms with Crippen LogP contribution in [0.3, 0.4) is 0 Å². The van der Waals surface area contributed by atoms with Crippen molar-refractivity contribution in [2.24, 2.45) is 23.2 Å². The van der Waals surface area contributed by atoms with Gasteiger partial charge in [-0.3, -0.25) is 0 Å². The van der Waals surface area contributed by atoms with E-state index in [1.807, 2.05) is 0 Å². The summed E-state index contributed by atoms with van der Waals surface area (Å²) in [7, 11) is 0. The highest BCUT2D eigenvalue weighted by Gasteiger charge is 2.81. The fourth-order valence-corrected chi connectivity index (χ4v) is 3.50. The average Bonchev–Trinajstić information content (AvgIpc) is 2.92. The molecule has 2 fully saturated rings. The first-order chi connectivity index (χ1) is 6.66. The van der Waals surface area contributed by atoms with Gasteiger partial charge >= 0.3 is 0 Å². The van der Waals surface area contributed by atoms with Gasteiger partial charge in [-0.2, -0.15) is 0 Å². The van der Waals surface area contributed by atoms with Gasteiger partial charge in [0.05, 0.1) is 0 Å². The summed E-state index contributed by atoms with van der Waals surface area (Å²) >= 11 is 0. The zero-order valence-corrected chi connectivity index (χ0v) is 9.88. The van der Waals surface area contributed by atoms with Crippen molar-refractivity contribution in [3.63, 3.8) is 0 Å². The molecular weight excluding hydrogens is 168 g/mol. The van der Waals surface area contributed by atoms with Crippen molar-refractivity contribution in [3.8, 4) is 0 Å². The third kappa shape index (κ3) is 1.27. The summed E-state index contributed by atoms with van der Waals surface area (Å²) in [6.07, 6.45) is 9.45. The largest absolute Gasteiger partial charge is 0.0874 e. The van der Waals surface area contributed by atoms with Crippen LogP contribution in [0.1, 0.15) is 40.5 Å². The molecule has 0 amide bonds. The van der Waals surface area contributed by atoms with E-state index in [4.69, 9.17) is 0 Å². The van der Waals surface area contributed by atoms with Crippen LogP contribution in [0, 0.1) is 23.2 Å². The Morgan fingerprint density at radius 2 is 2.00 bits per heavy atom. The topological polar surface area (TPSA) is 0 Å². The summed E-state index contributed by atoms with van der Waals surface area (Å²) in [6, 6.07) is 0. The summed E-state index contributed by atoms with van der Waals surface area (Å²) in [5, 5.41) is 0. The maximum absolute atomic E-state index is 2.48. The molecule has 2 aliphatic rings. The number of fused-ring (bicyclic) bond motifs is 1. The number of hydrogen-bond donors (Lipinski definition) is 0. The van der Waals surface area contributed by atoms with Crippen LogP contribution in [0.4, 0.5) is 0 Å². The molecule has 0 bridgehead atoms. The zero-order valence-electron chi connectivity index (χ0n) is 9.88. The van der Waals surface area contributed by atoms with Crippen LogP contribution < -0.4 is 0 Å². The highest BCUT2D eigenvalue weighted by atomic mass is 14.8. The molecule has 4 unspecified atom stereocenters. The Hall–Kier alpha value is -0.520. The molecule has 0 heterocycles. The van der Waals surface area contributed by atoms with Gasteiger partial charge in [0.15, 0.2) is 0 Å². The summed E-state index contributed by atoms with van der Waals surface area (Å²) in [6.45, 7) is 9.10. The molecule has 2 aliphatic carbocycles. The fourth-order valence-electron chi connectivity index (χ4n) is 3.50. The summed E-state index contributed by atoms with van der Waals surface area (Å²) in [5.74, 6) is 3.18. The second-order valence-electron chi connectivity index (χ2n) is 5.20. The molecule has 0 nitrogen and oxygen atoms in total. The van der Waals surface area contributed by atoms with Crippen molar-refractivity contribution in [2.75, 3.05) is 0 Å². The molecule has 0 spiro atoms. The molecule has 0 radical (unpaired) electrons. The van der Waals surface area contributed by atoms with Gasteiger partial charge in [-0.15, -0.1) is 0 Å². The highest BCUT2D eigenvalue weighted by Crippen LogP contribution is 2.85. The minimum absolute atomic E-state index is 0.765. The van der Waals surface area contributed by atoms with Crippen LogP contribution in [0.25, 0.3) is 0 Å². The molecule has 4 atom stereocenters. The van der Waals surface area contributed by atoms with Crippen molar-refractivity contribution in [2.45, 2.75) is 40.5 Å². The van der Waals surface area contributed by atoms with Gasteiger partial charge in [0.1, 0.15) is 0 Å². The molecular formula is C14H22. The Labute approximate surface area is 88.1 Å². The van der Waals surface area contributed by atoms with E-state index >= 15 is 0 Å². The van der Waals surface area contributed by atoms with E-state index in [0.717, 1.165) is 23.2 Å². The van der Waals surface area contributed by atoms with E-state index in [1.54, 1.807) is 0 Å². The van der Waals surface area contributed by atoms with Gasteiger partial charge < -0.3 is 0 Å². The van der Waals surface area contributed by atoms with Gasteiger partial charge in [-0.1, -0.05) is 44.1 Å². The fraction of sp³-hybridized carbons (Fsp3) is 0.714. The molecule has 0 heteroatoms. The molecule has 78 valence electrons. The predicted octanol–water partition coefficient (Wildman–Crippen LogP) is 4.19. The van der Waals surface area contributed by atoms with Gasteiger partial charge in [0, 0.05) is 0 Å². The third-order valence-electron chi connectivity index (χ3n) is 4.53. The lowest BCUT2D eigenvalue weighted by Gasteiger charge is -2.12. The summed E-state index contributed by atoms with van der Waals surface area (Å²) in [5.41, 5.74) is 2.19. The average molecular weight is 190 g/mol. The van der Waals surface area contributed by atoms with Crippen LogP contribution >= 0.6 is 0 Å². The Morgan fingerprint density at radius 1 is 1.36 bits per heavy atom. The molecule has 0 saturated heterocycles. The summed E-state index contributed by atoms with van der Waals surface area (Å²) < 4.78 is 0. The van der Waals surface area contributed by atoms with Gasteiger partial charge in [0.25, 0.3) is 0 Å². The molecule has 0 aromatic carbocycles. The second-order valence-corrected chi connectivity index (χ2v) is 5.20. The molecule has 0 N–H and O–H groups in total. The first-order valence-corrected chi connectivity index (χ1v) is 5.95. The molecule has 14 heavy (non-hydrogen) atoms. The Bertz CT molecular complexity index is 284. The van der Waals surface area contributed by atoms with E-state index in [-0.39, 0.29) is 0 Å². The molecule has 0 aromatic heterocycles. The zero-order chi connectivity index (χ0) is 10.3. The third-order valence-corrected chi connectivity index (χ3v) is 4.53. The Morgan fingerprint density at radius 3 is 2.50 bits per heavy atom. The Kier molecular flexibility index (Phi) is 2.33. The van der Waals surface area contributed by atoms with Gasteiger partial charge in [-0.25, -0.2) is 0 Å². The van der Waals surface area contributed by atoms with Gasteiger partial charge in [0.2, 0.25) is 0 Å². The van der Waals surface area contributed by atoms with Crippen LogP contribution in [0.2, 0.25) is 0 Å².